The Kier molecular flexibility index (Phi) is 1.93. The third-order valence-corrected chi connectivity index (χ3v) is 2.11. The number of benzene rings is 1. The average molecular weight is 189 g/mol. The molecule has 0 aliphatic heterocycles. The summed E-state index contributed by atoms with van der Waals surface area (Å²) in [5, 5.41) is 13.6. The van der Waals surface area contributed by atoms with Gasteiger partial charge in [0, 0.05) is 5.39 Å². The molecule has 0 spiro atoms. The van der Waals surface area contributed by atoms with Crippen LogP contribution in [0.3, 0.4) is 0 Å². The van der Waals surface area contributed by atoms with Gasteiger partial charge >= 0.3 is 0 Å². The van der Waals surface area contributed by atoms with Gasteiger partial charge in [0.05, 0.1) is 17.8 Å². The molecule has 0 bridgehead atoms. The predicted octanol–water partition coefficient (Wildman–Crippen LogP) is 2.26. The maximum absolute atomic E-state index is 12.9. The lowest BCUT2D eigenvalue weighted by Gasteiger charge is -2.03. The number of fused-ring (bicyclic) bond motifs is 1. The summed E-state index contributed by atoms with van der Waals surface area (Å²) in [6, 6.07) is 6.09. The fourth-order valence-electron chi connectivity index (χ4n) is 1.37. The highest BCUT2D eigenvalue weighted by atomic mass is 19.1. The molecule has 1 unspecified atom stereocenters. The molecule has 0 saturated heterocycles. The van der Waals surface area contributed by atoms with E-state index in [-0.39, 0.29) is 11.9 Å². The third-order valence-electron chi connectivity index (χ3n) is 2.11. The molecule has 2 rings (SSSR count). The Morgan fingerprint density at radius 2 is 2.36 bits per heavy atom. The van der Waals surface area contributed by atoms with Crippen LogP contribution in [0.25, 0.3) is 10.9 Å². The minimum Gasteiger partial charge on any atom is -0.248 e. The topological polar surface area (TPSA) is 41.6 Å². The smallest absolute Gasteiger partial charge is 0.136 e. The molecule has 0 fully saturated rings. The molecular formula is C10H8FN3. The number of rotatable bonds is 1. The fourth-order valence-corrected chi connectivity index (χ4v) is 1.37. The molecule has 3 nitrogen and oxygen atoms in total. The molecule has 1 atom stereocenters. The fraction of sp³-hybridized carbons (Fsp3) is 0.200. The molecular weight excluding hydrogens is 181 g/mol. The summed E-state index contributed by atoms with van der Waals surface area (Å²) in [5.74, 6) is -0.315. The van der Waals surface area contributed by atoms with E-state index >= 15 is 0 Å². The molecule has 1 aromatic carbocycles. The van der Waals surface area contributed by atoms with Crippen molar-refractivity contribution in [2.24, 2.45) is 0 Å². The van der Waals surface area contributed by atoms with Crippen LogP contribution < -0.4 is 0 Å². The molecule has 0 aliphatic carbocycles. The highest BCUT2D eigenvalue weighted by Gasteiger charge is 2.08. The molecule has 1 aromatic heterocycles. The summed E-state index contributed by atoms with van der Waals surface area (Å²) in [6.07, 6.45) is 1.63. The van der Waals surface area contributed by atoms with E-state index in [1.165, 1.54) is 16.8 Å². The molecule has 0 N–H and O–H groups in total. The van der Waals surface area contributed by atoms with Gasteiger partial charge in [0.15, 0.2) is 0 Å². The number of nitrogens with zero attached hydrogens (tertiary/aromatic N) is 3. The van der Waals surface area contributed by atoms with Crippen LogP contribution >= 0.6 is 0 Å². The highest BCUT2D eigenvalue weighted by Crippen LogP contribution is 2.18. The van der Waals surface area contributed by atoms with E-state index in [4.69, 9.17) is 5.26 Å². The minimum absolute atomic E-state index is 0.315. The van der Waals surface area contributed by atoms with Gasteiger partial charge < -0.3 is 0 Å². The molecule has 14 heavy (non-hydrogen) atoms. The van der Waals surface area contributed by atoms with Crippen LogP contribution in [-0.4, -0.2) is 9.78 Å². The number of hydrogen-bond acceptors (Lipinski definition) is 2. The van der Waals surface area contributed by atoms with Crippen LogP contribution in [0.4, 0.5) is 4.39 Å². The summed E-state index contributed by atoms with van der Waals surface area (Å²) >= 11 is 0. The first-order valence-electron chi connectivity index (χ1n) is 4.25. The molecule has 70 valence electrons. The lowest BCUT2D eigenvalue weighted by molar-refractivity contribution is 0.603. The van der Waals surface area contributed by atoms with Crippen LogP contribution in [0.5, 0.6) is 0 Å². The van der Waals surface area contributed by atoms with Gasteiger partial charge in [-0.1, -0.05) is 0 Å². The quantitative estimate of drug-likeness (QED) is 0.690. The Morgan fingerprint density at radius 1 is 1.57 bits per heavy atom. The van der Waals surface area contributed by atoms with Gasteiger partial charge in [0.2, 0.25) is 0 Å². The van der Waals surface area contributed by atoms with Crippen molar-refractivity contribution < 1.29 is 4.39 Å². The zero-order valence-corrected chi connectivity index (χ0v) is 7.61. The first-order chi connectivity index (χ1) is 6.72. The van der Waals surface area contributed by atoms with Gasteiger partial charge in [-0.25, -0.2) is 9.07 Å². The standard InChI is InChI=1S/C10H8FN3/c1-7(5-12)14-10-4-9(11)3-2-8(10)6-13-14/h2-4,6-7H,1H3. The monoisotopic (exact) mass is 189 g/mol. The van der Waals surface area contributed by atoms with Gasteiger partial charge in [0.1, 0.15) is 11.9 Å². The molecule has 1 heterocycles. The van der Waals surface area contributed by atoms with Crippen molar-refractivity contribution in [2.75, 3.05) is 0 Å². The normalized spacial score (nSPS) is 12.6. The van der Waals surface area contributed by atoms with E-state index in [1.807, 2.05) is 0 Å². The first-order valence-corrected chi connectivity index (χ1v) is 4.25. The Morgan fingerprint density at radius 3 is 3.07 bits per heavy atom. The highest BCUT2D eigenvalue weighted by molar-refractivity contribution is 5.78. The molecule has 0 saturated carbocycles. The van der Waals surface area contributed by atoms with Crippen LogP contribution in [-0.2, 0) is 0 Å². The lowest BCUT2D eigenvalue weighted by Crippen LogP contribution is -2.03. The second kappa shape index (κ2) is 3.11. The summed E-state index contributed by atoms with van der Waals surface area (Å²) in [7, 11) is 0. The van der Waals surface area contributed by atoms with Crippen LogP contribution in [0.15, 0.2) is 24.4 Å². The van der Waals surface area contributed by atoms with Gasteiger partial charge in [-0.2, -0.15) is 10.4 Å². The third kappa shape index (κ3) is 1.23. The Balaban J connectivity index is 2.68. The molecule has 4 heteroatoms. The number of hydrogen-bond donors (Lipinski definition) is 0. The SMILES string of the molecule is CC(C#N)n1ncc2ccc(F)cc21. The summed E-state index contributed by atoms with van der Waals surface area (Å²) < 4.78 is 14.4. The van der Waals surface area contributed by atoms with Crippen molar-refractivity contribution in [3.63, 3.8) is 0 Å². The van der Waals surface area contributed by atoms with E-state index in [0.717, 1.165) is 5.39 Å². The minimum atomic E-state index is -0.380. The Labute approximate surface area is 80.4 Å². The van der Waals surface area contributed by atoms with E-state index in [0.29, 0.717) is 5.52 Å². The van der Waals surface area contributed by atoms with Crippen molar-refractivity contribution in [3.05, 3.63) is 30.2 Å². The zero-order valence-electron chi connectivity index (χ0n) is 7.61. The number of aromatic nitrogens is 2. The van der Waals surface area contributed by atoms with E-state index in [1.54, 1.807) is 19.2 Å². The van der Waals surface area contributed by atoms with E-state index in [9.17, 15) is 4.39 Å². The first kappa shape index (κ1) is 8.70. The Hall–Kier alpha value is -1.89. The lowest BCUT2D eigenvalue weighted by atomic mass is 10.2. The Bertz CT molecular complexity index is 510. The second-order valence-corrected chi connectivity index (χ2v) is 3.10. The largest absolute Gasteiger partial charge is 0.248 e. The number of nitriles is 1. The van der Waals surface area contributed by atoms with E-state index < -0.39 is 0 Å². The van der Waals surface area contributed by atoms with Crippen molar-refractivity contribution >= 4 is 10.9 Å². The molecule has 2 aromatic rings. The van der Waals surface area contributed by atoms with Gasteiger partial charge in [0.25, 0.3) is 0 Å². The summed E-state index contributed by atoms with van der Waals surface area (Å²) in [4.78, 5) is 0. The maximum atomic E-state index is 12.9. The van der Waals surface area contributed by atoms with Crippen LogP contribution in [0, 0.1) is 17.1 Å². The second-order valence-electron chi connectivity index (χ2n) is 3.10. The molecule has 0 radical (unpaired) electrons. The van der Waals surface area contributed by atoms with Gasteiger partial charge in [-0.3, -0.25) is 0 Å². The molecule has 0 amide bonds. The number of halogens is 1. The van der Waals surface area contributed by atoms with E-state index in [2.05, 4.69) is 11.2 Å². The maximum Gasteiger partial charge on any atom is 0.136 e. The van der Waals surface area contributed by atoms with Crippen LogP contribution in [0.1, 0.15) is 13.0 Å². The van der Waals surface area contributed by atoms with Crippen molar-refractivity contribution in [1.29, 1.82) is 5.26 Å². The summed E-state index contributed by atoms with van der Waals surface area (Å²) in [5.41, 5.74) is 0.652. The zero-order chi connectivity index (χ0) is 10.1. The van der Waals surface area contributed by atoms with Gasteiger partial charge in [-0.05, 0) is 25.1 Å². The van der Waals surface area contributed by atoms with Crippen LogP contribution in [0.2, 0.25) is 0 Å². The van der Waals surface area contributed by atoms with Gasteiger partial charge in [-0.15, -0.1) is 0 Å². The van der Waals surface area contributed by atoms with Crippen molar-refractivity contribution in [2.45, 2.75) is 13.0 Å². The molecule has 0 aliphatic rings. The van der Waals surface area contributed by atoms with Crippen molar-refractivity contribution in [1.82, 2.24) is 9.78 Å². The predicted molar refractivity (Wildman–Crippen MR) is 50.0 cm³/mol. The average Bonchev–Trinajstić information content (AvgIpc) is 2.59. The summed E-state index contributed by atoms with van der Waals surface area (Å²) in [6.45, 7) is 1.72. The van der Waals surface area contributed by atoms with Crippen molar-refractivity contribution in [3.8, 4) is 6.07 Å².